The number of aliphatic hydroxyl groups is 1. The molecule has 1 aromatic carbocycles. The first-order valence-electron chi connectivity index (χ1n) is 6.21. The van der Waals surface area contributed by atoms with Crippen molar-refractivity contribution in [2.24, 2.45) is 0 Å². The van der Waals surface area contributed by atoms with E-state index in [1.165, 1.54) is 0 Å². The summed E-state index contributed by atoms with van der Waals surface area (Å²) in [5, 5.41) is 9.85. The van der Waals surface area contributed by atoms with Gasteiger partial charge in [0.2, 0.25) is 0 Å². The first-order chi connectivity index (χ1) is 9.17. The minimum Gasteiger partial charge on any atom is -0.497 e. The number of rotatable bonds is 6. The van der Waals surface area contributed by atoms with Crippen molar-refractivity contribution in [1.82, 2.24) is 0 Å². The molecule has 19 heavy (non-hydrogen) atoms. The van der Waals surface area contributed by atoms with Crippen molar-refractivity contribution in [2.75, 3.05) is 20.3 Å². The van der Waals surface area contributed by atoms with Gasteiger partial charge in [-0.15, -0.1) is 0 Å². The average molecular weight is 264 g/mol. The van der Waals surface area contributed by atoms with Crippen molar-refractivity contribution in [3.63, 3.8) is 0 Å². The van der Waals surface area contributed by atoms with Crippen LogP contribution in [-0.2, 0) is 9.47 Å². The van der Waals surface area contributed by atoms with Crippen LogP contribution in [0.2, 0.25) is 0 Å². The minimum absolute atomic E-state index is 0.231. The second-order valence-electron chi connectivity index (χ2n) is 3.83. The predicted molar refractivity (Wildman–Crippen MR) is 72.8 cm³/mol. The Labute approximate surface area is 114 Å². The lowest BCUT2D eigenvalue weighted by Crippen LogP contribution is -2.12. The summed E-state index contributed by atoms with van der Waals surface area (Å²) >= 11 is 0. The van der Waals surface area contributed by atoms with E-state index in [-0.39, 0.29) is 12.9 Å². The van der Waals surface area contributed by atoms with Gasteiger partial charge in [0.05, 0.1) is 7.11 Å². The molecule has 0 saturated heterocycles. The lowest BCUT2D eigenvalue weighted by molar-refractivity contribution is -0.117. The van der Waals surface area contributed by atoms with Crippen molar-refractivity contribution in [3.05, 3.63) is 29.8 Å². The maximum atomic E-state index is 9.85. The van der Waals surface area contributed by atoms with Crippen molar-refractivity contribution in [1.29, 1.82) is 0 Å². The zero-order valence-corrected chi connectivity index (χ0v) is 11.6. The van der Waals surface area contributed by atoms with Gasteiger partial charge in [-0.25, -0.2) is 0 Å². The zero-order chi connectivity index (χ0) is 14.1. The van der Waals surface area contributed by atoms with Gasteiger partial charge in [0.15, 0.2) is 6.29 Å². The Morgan fingerprint density at radius 3 is 2.47 bits per heavy atom. The van der Waals surface area contributed by atoms with Crippen LogP contribution in [0, 0.1) is 11.8 Å². The predicted octanol–water partition coefficient (Wildman–Crippen LogP) is 2.13. The molecule has 0 aliphatic rings. The molecule has 0 amide bonds. The summed E-state index contributed by atoms with van der Waals surface area (Å²) in [6.07, 6.45) is -1.10. The van der Waals surface area contributed by atoms with E-state index in [9.17, 15) is 5.11 Å². The fourth-order valence-electron chi connectivity index (χ4n) is 1.45. The van der Waals surface area contributed by atoms with Crippen molar-refractivity contribution in [2.45, 2.75) is 26.2 Å². The van der Waals surface area contributed by atoms with E-state index in [4.69, 9.17) is 14.2 Å². The van der Waals surface area contributed by atoms with E-state index in [0.717, 1.165) is 11.3 Å². The molecule has 1 N–H and O–H groups in total. The number of hydrogen-bond donors (Lipinski definition) is 1. The maximum absolute atomic E-state index is 9.85. The van der Waals surface area contributed by atoms with Crippen molar-refractivity contribution in [3.8, 4) is 17.6 Å². The van der Waals surface area contributed by atoms with E-state index in [1.807, 2.05) is 13.8 Å². The smallest absolute Gasteiger partial charge is 0.156 e. The van der Waals surface area contributed by atoms with Gasteiger partial charge in [0.1, 0.15) is 18.5 Å². The molecule has 1 aromatic rings. The van der Waals surface area contributed by atoms with Crippen LogP contribution >= 0.6 is 0 Å². The standard InChI is InChI=1S/C15H20O4/c1-4-18-12(2)19-11-5-6-15(16)13-7-9-14(17-3)10-8-13/h7-10,12,15-16H,4,11H2,1-3H3. The Hall–Kier alpha value is -1.54. The Kier molecular flexibility index (Phi) is 6.98. The molecule has 0 aromatic heterocycles. The Bertz CT molecular complexity index is 416. The second-order valence-corrected chi connectivity index (χ2v) is 3.83. The molecular formula is C15H20O4. The van der Waals surface area contributed by atoms with Crippen LogP contribution < -0.4 is 4.74 Å². The first kappa shape index (κ1) is 15.5. The topological polar surface area (TPSA) is 47.9 Å². The van der Waals surface area contributed by atoms with Crippen molar-refractivity contribution >= 4 is 0 Å². The normalized spacial score (nSPS) is 13.3. The van der Waals surface area contributed by atoms with Gasteiger partial charge in [-0.3, -0.25) is 0 Å². The molecular weight excluding hydrogens is 244 g/mol. The molecule has 2 unspecified atom stereocenters. The summed E-state index contributed by atoms with van der Waals surface area (Å²) in [6, 6.07) is 7.13. The third-order valence-electron chi connectivity index (χ3n) is 2.46. The van der Waals surface area contributed by atoms with Gasteiger partial charge in [0, 0.05) is 6.61 Å². The number of hydrogen-bond acceptors (Lipinski definition) is 4. The van der Waals surface area contributed by atoms with Gasteiger partial charge < -0.3 is 19.3 Å². The molecule has 0 fully saturated rings. The van der Waals surface area contributed by atoms with Crippen molar-refractivity contribution < 1.29 is 19.3 Å². The van der Waals surface area contributed by atoms with E-state index in [1.54, 1.807) is 31.4 Å². The maximum Gasteiger partial charge on any atom is 0.156 e. The van der Waals surface area contributed by atoms with Crippen LogP contribution in [-0.4, -0.2) is 31.7 Å². The summed E-state index contributed by atoms with van der Waals surface area (Å²) in [7, 11) is 1.60. The van der Waals surface area contributed by atoms with E-state index < -0.39 is 6.10 Å². The molecule has 0 saturated carbocycles. The fourth-order valence-corrected chi connectivity index (χ4v) is 1.45. The highest BCUT2D eigenvalue weighted by Gasteiger charge is 2.03. The molecule has 0 heterocycles. The molecule has 4 nitrogen and oxygen atoms in total. The molecule has 2 atom stereocenters. The highest BCUT2D eigenvalue weighted by molar-refractivity contribution is 5.31. The number of aliphatic hydroxyl groups excluding tert-OH is 1. The van der Waals surface area contributed by atoms with Crippen LogP contribution in [0.3, 0.4) is 0 Å². The summed E-state index contributed by atoms with van der Waals surface area (Å²) in [4.78, 5) is 0. The third kappa shape index (κ3) is 5.75. The molecule has 0 bridgehead atoms. The van der Waals surface area contributed by atoms with Crippen LogP contribution in [0.5, 0.6) is 5.75 Å². The molecule has 4 heteroatoms. The number of methoxy groups -OCH3 is 1. The zero-order valence-electron chi connectivity index (χ0n) is 11.6. The van der Waals surface area contributed by atoms with Crippen LogP contribution in [0.4, 0.5) is 0 Å². The molecule has 0 radical (unpaired) electrons. The summed E-state index contributed by atoms with van der Waals surface area (Å²) in [6.45, 7) is 4.54. The van der Waals surface area contributed by atoms with E-state index in [0.29, 0.717) is 6.61 Å². The number of ether oxygens (including phenoxy) is 3. The monoisotopic (exact) mass is 264 g/mol. The molecule has 0 aliphatic heterocycles. The van der Waals surface area contributed by atoms with Crippen LogP contribution in [0.1, 0.15) is 25.5 Å². The molecule has 0 aliphatic carbocycles. The average Bonchev–Trinajstić information content (AvgIpc) is 2.44. The highest BCUT2D eigenvalue weighted by Crippen LogP contribution is 2.16. The minimum atomic E-state index is -0.822. The van der Waals surface area contributed by atoms with Gasteiger partial charge in [-0.1, -0.05) is 24.0 Å². The lowest BCUT2D eigenvalue weighted by Gasteiger charge is -2.09. The second kappa shape index (κ2) is 8.54. The summed E-state index contributed by atoms with van der Waals surface area (Å²) < 4.78 is 15.5. The Morgan fingerprint density at radius 2 is 1.89 bits per heavy atom. The largest absolute Gasteiger partial charge is 0.497 e. The SMILES string of the molecule is CCOC(C)OCC#CC(O)c1ccc(OC)cc1. The summed E-state index contributed by atoms with van der Waals surface area (Å²) in [5.74, 6) is 6.23. The molecule has 0 spiro atoms. The summed E-state index contributed by atoms with van der Waals surface area (Å²) in [5.41, 5.74) is 0.728. The van der Waals surface area contributed by atoms with Gasteiger partial charge in [-0.2, -0.15) is 0 Å². The lowest BCUT2D eigenvalue weighted by atomic mass is 10.1. The van der Waals surface area contributed by atoms with Gasteiger partial charge in [0.25, 0.3) is 0 Å². The fraction of sp³-hybridized carbons (Fsp3) is 0.467. The molecule has 104 valence electrons. The van der Waals surface area contributed by atoms with Crippen LogP contribution in [0.15, 0.2) is 24.3 Å². The first-order valence-corrected chi connectivity index (χ1v) is 6.21. The highest BCUT2D eigenvalue weighted by atomic mass is 16.7. The quantitative estimate of drug-likeness (QED) is 0.631. The molecule has 1 rings (SSSR count). The van der Waals surface area contributed by atoms with E-state index in [2.05, 4.69) is 11.8 Å². The van der Waals surface area contributed by atoms with Gasteiger partial charge in [-0.05, 0) is 31.5 Å². The number of benzene rings is 1. The van der Waals surface area contributed by atoms with Crippen LogP contribution in [0.25, 0.3) is 0 Å². The Balaban J connectivity index is 2.43. The van der Waals surface area contributed by atoms with Gasteiger partial charge >= 0.3 is 0 Å². The van der Waals surface area contributed by atoms with E-state index >= 15 is 0 Å². The Morgan fingerprint density at radius 1 is 1.21 bits per heavy atom. The third-order valence-corrected chi connectivity index (χ3v) is 2.46.